The standard InChI is InChI=1S/C11H12F2O4/c1-2-16-10(15)11(12,13)17-9-5-3-8(7-14)4-6-9/h3-6,14H,2,7H2,1H3. The third-order valence-electron chi connectivity index (χ3n) is 1.87. The second-order valence-corrected chi connectivity index (χ2v) is 3.14. The Balaban J connectivity index is 2.71. The number of rotatable bonds is 5. The van der Waals surface area contributed by atoms with E-state index in [2.05, 4.69) is 9.47 Å². The molecule has 1 aromatic carbocycles. The highest BCUT2D eigenvalue weighted by molar-refractivity contribution is 5.76. The van der Waals surface area contributed by atoms with Crippen LogP contribution in [0.1, 0.15) is 12.5 Å². The molecule has 0 bridgehead atoms. The Hall–Kier alpha value is -1.69. The molecule has 0 spiro atoms. The number of ether oxygens (including phenoxy) is 2. The number of benzene rings is 1. The average Bonchev–Trinajstić information content (AvgIpc) is 2.30. The summed E-state index contributed by atoms with van der Waals surface area (Å²) in [7, 11) is 0. The number of hydrogen-bond donors (Lipinski definition) is 1. The van der Waals surface area contributed by atoms with E-state index in [1.165, 1.54) is 31.2 Å². The SMILES string of the molecule is CCOC(=O)C(F)(F)Oc1ccc(CO)cc1. The summed E-state index contributed by atoms with van der Waals surface area (Å²) in [5.74, 6) is -1.91. The topological polar surface area (TPSA) is 55.8 Å². The van der Waals surface area contributed by atoms with Crippen LogP contribution in [0.15, 0.2) is 24.3 Å². The normalized spacial score (nSPS) is 11.1. The first kappa shape index (κ1) is 13.4. The molecule has 94 valence electrons. The lowest BCUT2D eigenvalue weighted by atomic mass is 10.2. The molecule has 0 amide bonds. The number of aliphatic hydroxyl groups excluding tert-OH is 1. The predicted molar refractivity (Wildman–Crippen MR) is 54.6 cm³/mol. The molecule has 4 nitrogen and oxygen atoms in total. The predicted octanol–water partition coefficient (Wildman–Crippen LogP) is 1.71. The van der Waals surface area contributed by atoms with Crippen LogP contribution in [0.3, 0.4) is 0 Å². The number of halogens is 2. The van der Waals surface area contributed by atoms with Gasteiger partial charge in [0, 0.05) is 0 Å². The molecule has 0 saturated heterocycles. The zero-order valence-electron chi connectivity index (χ0n) is 9.15. The Morgan fingerprint density at radius 3 is 2.41 bits per heavy atom. The quantitative estimate of drug-likeness (QED) is 0.803. The Labute approximate surface area is 96.8 Å². The van der Waals surface area contributed by atoms with Crippen molar-refractivity contribution < 1.29 is 28.2 Å². The zero-order chi connectivity index (χ0) is 12.9. The highest BCUT2D eigenvalue weighted by Crippen LogP contribution is 2.23. The summed E-state index contributed by atoms with van der Waals surface area (Å²) in [6.07, 6.45) is -4.02. The maximum absolute atomic E-state index is 13.1. The van der Waals surface area contributed by atoms with E-state index in [4.69, 9.17) is 5.11 Å². The van der Waals surface area contributed by atoms with Gasteiger partial charge in [-0.1, -0.05) is 12.1 Å². The first-order valence-electron chi connectivity index (χ1n) is 4.93. The van der Waals surface area contributed by atoms with Crippen LogP contribution >= 0.6 is 0 Å². The van der Waals surface area contributed by atoms with Crippen molar-refractivity contribution in [3.8, 4) is 5.75 Å². The van der Waals surface area contributed by atoms with Crippen LogP contribution in [0.2, 0.25) is 0 Å². The van der Waals surface area contributed by atoms with Gasteiger partial charge in [0.25, 0.3) is 0 Å². The number of carbonyl (C=O) groups is 1. The molecule has 0 aliphatic rings. The van der Waals surface area contributed by atoms with Gasteiger partial charge in [-0.15, -0.1) is 0 Å². The first-order valence-corrected chi connectivity index (χ1v) is 4.93. The van der Waals surface area contributed by atoms with E-state index in [1.807, 2.05) is 0 Å². The maximum atomic E-state index is 13.1. The fourth-order valence-electron chi connectivity index (χ4n) is 1.07. The van der Waals surface area contributed by atoms with Crippen molar-refractivity contribution >= 4 is 5.97 Å². The molecule has 0 radical (unpaired) electrons. The largest absolute Gasteiger partial charge is 0.502 e. The third kappa shape index (κ3) is 3.67. The molecule has 0 fully saturated rings. The van der Waals surface area contributed by atoms with E-state index in [-0.39, 0.29) is 19.0 Å². The summed E-state index contributed by atoms with van der Waals surface area (Å²) in [6.45, 7) is 1.07. The second-order valence-electron chi connectivity index (χ2n) is 3.14. The van der Waals surface area contributed by atoms with Gasteiger partial charge in [0.15, 0.2) is 0 Å². The Bertz CT molecular complexity index is 376. The molecular formula is C11H12F2O4. The van der Waals surface area contributed by atoms with Gasteiger partial charge in [-0.3, -0.25) is 0 Å². The molecule has 6 heteroatoms. The van der Waals surface area contributed by atoms with Crippen molar-refractivity contribution in [2.45, 2.75) is 19.6 Å². The van der Waals surface area contributed by atoms with E-state index < -0.39 is 12.1 Å². The van der Waals surface area contributed by atoms with Crippen molar-refractivity contribution in [2.75, 3.05) is 6.61 Å². The van der Waals surface area contributed by atoms with E-state index >= 15 is 0 Å². The smallest absolute Gasteiger partial charge is 0.459 e. The lowest BCUT2D eigenvalue weighted by Crippen LogP contribution is -2.36. The Morgan fingerprint density at radius 1 is 1.35 bits per heavy atom. The minimum atomic E-state index is -4.02. The van der Waals surface area contributed by atoms with Crippen LogP contribution in [0.25, 0.3) is 0 Å². The molecule has 0 aliphatic heterocycles. The fourth-order valence-corrected chi connectivity index (χ4v) is 1.07. The van der Waals surface area contributed by atoms with Crippen LogP contribution < -0.4 is 4.74 Å². The minimum absolute atomic E-state index is 0.152. The van der Waals surface area contributed by atoms with Crippen molar-refractivity contribution in [3.05, 3.63) is 29.8 Å². The van der Waals surface area contributed by atoms with Gasteiger partial charge < -0.3 is 14.6 Å². The summed E-state index contributed by atoms with van der Waals surface area (Å²) in [6, 6.07) is 5.30. The summed E-state index contributed by atoms with van der Waals surface area (Å²) in [5.41, 5.74) is 0.553. The minimum Gasteiger partial charge on any atom is -0.459 e. The Kier molecular flexibility index (Phi) is 4.39. The van der Waals surface area contributed by atoms with Crippen molar-refractivity contribution in [3.63, 3.8) is 0 Å². The molecule has 1 rings (SSSR count). The number of carbonyl (C=O) groups excluding carboxylic acids is 1. The summed E-state index contributed by atoms with van der Waals surface area (Å²) >= 11 is 0. The van der Waals surface area contributed by atoms with Gasteiger partial charge >= 0.3 is 12.1 Å². The molecule has 0 heterocycles. The van der Waals surface area contributed by atoms with Crippen LogP contribution in [0, 0.1) is 0 Å². The monoisotopic (exact) mass is 246 g/mol. The van der Waals surface area contributed by atoms with Gasteiger partial charge in [-0.2, -0.15) is 8.78 Å². The van der Waals surface area contributed by atoms with E-state index in [9.17, 15) is 13.6 Å². The van der Waals surface area contributed by atoms with Gasteiger partial charge in [-0.25, -0.2) is 4.79 Å². The number of esters is 1. The van der Waals surface area contributed by atoms with Gasteiger partial charge in [0.2, 0.25) is 0 Å². The summed E-state index contributed by atoms with van der Waals surface area (Å²) in [4.78, 5) is 10.9. The molecule has 0 atom stereocenters. The van der Waals surface area contributed by atoms with Crippen LogP contribution in [0.5, 0.6) is 5.75 Å². The van der Waals surface area contributed by atoms with Gasteiger partial charge in [0.05, 0.1) is 13.2 Å². The fraction of sp³-hybridized carbons (Fsp3) is 0.364. The van der Waals surface area contributed by atoms with Crippen molar-refractivity contribution in [1.82, 2.24) is 0 Å². The second kappa shape index (κ2) is 5.58. The highest BCUT2D eigenvalue weighted by atomic mass is 19.3. The Morgan fingerprint density at radius 2 is 1.94 bits per heavy atom. The van der Waals surface area contributed by atoms with E-state index in [0.717, 1.165) is 0 Å². The van der Waals surface area contributed by atoms with Crippen molar-refractivity contribution in [2.24, 2.45) is 0 Å². The molecule has 0 aliphatic carbocycles. The van der Waals surface area contributed by atoms with Gasteiger partial charge in [0.1, 0.15) is 5.75 Å². The molecule has 0 aromatic heterocycles. The van der Waals surface area contributed by atoms with E-state index in [0.29, 0.717) is 5.56 Å². The lowest BCUT2D eigenvalue weighted by Gasteiger charge is -2.15. The van der Waals surface area contributed by atoms with Gasteiger partial charge in [-0.05, 0) is 24.6 Å². The first-order chi connectivity index (χ1) is 7.99. The third-order valence-corrected chi connectivity index (χ3v) is 1.87. The van der Waals surface area contributed by atoms with Crippen LogP contribution in [-0.4, -0.2) is 23.8 Å². The molecule has 0 saturated carbocycles. The zero-order valence-corrected chi connectivity index (χ0v) is 9.15. The molecule has 17 heavy (non-hydrogen) atoms. The van der Waals surface area contributed by atoms with E-state index in [1.54, 1.807) is 0 Å². The maximum Gasteiger partial charge on any atom is 0.502 e. The lowest BCUT2D eigenvalue weighted by molar-refractivity contribution is -0.216. The number of alkyl halides is 2. The molecular weight excluding hydrogens is 234 g/mol. The van der Waals surface area contributed by atoms with Crippen LogP contribution in [0.4, 0.5) is 8.78 Å². The molecule has 0 unspecified atom stereocenters. The number of hydrogen-bond acceptors (Lipinski definition) is 4. The molecule has 1 aromatic rings. The van der Waals surface area contributed by atoms with Crippen molar-refractivity contribution in [1.29, 1.82) is 0 Å². The average molecular weight is 246 g/mol. The highest BCUT2D eigenvalue weighted by Gasteiger charge is 2.44. The van der Waals surface area contributed by atoms with Crippen LogP contribution in [-0.2, 0) is 16.1 Å². The molecule has 1 N–H and O–H groups in total. The number of aliphatic hydroxyl groups is 1. The summed E-state index contributed by atoms with van der Waals surface area (Å²) in [5, 5.41) is 8.76. The summed E-state index contributed by atoms with van der Waals surface area (Å²) < 4.78 is 34.6.